The maximum atomic E-state index is 5.69. The standard InChI is InChI=1S/C12H17N5O/c1-18-12-9(13)4-5-11(17-12)14-6-2-3-10-15-7-8-16-10/h4-5,7-8H,2-3,6,13H2,1H3,(H,14,17)(H,15,16). The molecule has 0 radical (unpaired) electrons. The van der Waals surface area contributed by atoms with Crippen molar-refractivity contribution in [1.29, 1.82) is 0 Å². The lowest BCUT2D eigenvalue weighted by molar-refractivity contribution is 0.401. The molecule has 0 unspecified atom stereocenters. The summed E-state index contributed by atoms with van der Waals surface area (Å²) in [4.78, 5) is 11.5. The number of hydrogen-bond donors (Lipinski definition) is 3. The summed E-state index contributed by atoms with van der Waals surface area (Å²) < 4.78 is 5.06. The number of nitrogens with two attached hydrogens (primary N) is 1. The van der Waals surface area contributed by atoms with Crippen LogP contribution in [0.15, 0.2) is 24.5 Å². The molecule has 0 aromatic carbocycles. The lowest BCUT2D eigenvalue weighted by Gasteiger charge is -2.08. The predicted molar refractivity (Wildman–Crippen MR) is 70.6 cm³/mol. The van der Waals surface area contributed by atoms with Gasteiger partial charge in [-0.1, -0.05) is 0 Å². The van der Waals surface area contributed by atoms with Crippen LogP contribution >= 0.6 is 0 Å². The van der Waals surface area contributed by atoms with E-state index in [1.165, 1.54) is 0 Å². The fourth-order valence-electron chi connectivity index (χ4n) is 1.62. The average Bonchev–Trinajstić information content (AvgIpc) is 2.89. The van der Waals surface area contributed by atoms with Crippen molar-refractivity contribution in [2.45, 2.75) is 12.8 Å². The number of nitrogens with one attached hydrogen (secondary N) is 2. The van der Waals surface area contributed by atoms with Crippen LogP contribution in [-0.4, -0.2) is 28.6 Å². The first-order valence-corrected chi connectivity index (χ1v) is 5.82. The van der Waals surface area contributed by atoms with Gasteiger partial charge in [0, 0.05) is 25.4 Å². The van der Waals surface area contributed by atoms with E-state index in [2.05, 4.69) is 20.3 Å². The molecule has 0 amide bonds. The third kappa shape index (κ3) is 3.13. The van der Waals surface area contributed by atoms with Crippen molar-refractivity contribution in [2.24, 2.45) is 0 Å². The van der Waals surface area contributed by atoms with Crippen molar-refractivity contribution in [1.82, 2.24) is 15.0 Å². The van der Waals surface area contributed by atoms with E-state index in [1.807, 2.05) is 12.3 Å². The van der Waals surface area contributed by atoms with Crippen LogP contribution in [0, 0.1) is 0 Å². The smallest absolute Gasteiger partial charge is 0.238 e. The molecule has 0 aliphatic carbocycles. The van der Waals surface area contributed by atoms with Crippen LogP contribution in [0.5, 0.6) is 5.88 Å². The van der Waals surface area contributed by atoms with E-state index in [4.69, 9.17) is 10.5 Å². The number of anilines is 2. The quantitative estimate of drug-likeness (QED) is 0.672. The Balaban J connectivity index is 1.79. The van der Waals surface area contributed by atoms with Crippen LogP contribution in [-0.2, 0) is 6.42 Å². The van der Waals surface area contributed by atoms with Gasteiger partial charge in [0.2, 0.25) is 5.88 Å². The second-order valence-electron chi connectivity index (χ2n) is 3.86. The molecule has 2 rings (SSSR count). The molecule has 6 nitrogen and oxygen atoms in total. The minimum atomic E-state index is 0.450. The van der Waals surface area contributed by atoms with Crippen molar-refractivity contribution in [3.63, 3.8) is 0 Å². The van der Waals surface area contributed by atoms with Gasteiger partial charge in [-0.05, 0) is 18.6 Å². The van der Waals surface area contributed by atoms with Crippen LogP contribution in [0.1, 0.15) is 12.2 Å². The van der Waals surface area contributed by atoms with E-state index in [0.29, 0.717) is 11.6 Å². The van der Waals surface area contributed by atoms with Gasteiger partial charge in [0.15, 0.2) is 0 Å². The van der Waals surface area contributed by atoms with Crippen molar-refractivity contribution >= 4 is 11.5 Å². The normalized spacial score (nSPS) is 10.3. The van der Waals surface area contributed by atoms with E-state index >= 15 is 0 Å². The molecular formula is C12H17N5O. The summed E-state index contributed by atoms with van der Waals surface area (Å²) in [6.45, 7) is 0.820. The van der Waals surface area contributed by atoms with Gasteiger partial charge >= 0.3 is 0 Å². The van der Waals surface area contributed by atoms with Crippen molar-refractivity contribution in [2.75, 3.05) is 24.7 Å². The summed E-state index contributed by atoms with van der Waals surface area (Å²) in [6, 6.07) is 3.62. The summed E-state index contributed by atoms with van der Waals surface area (Å²) in [5.74, 6) is 2.21. The molecule has 0 saturated carbocycles. The van der Waals surface area contributed by atoms with Crippen molar-refractivity contribution in [3.05, 3.63) is 30.4 Å². The van der Waals surface area contributed by atoms with Crippen LogP contribution in [0.25, 0.3) is 0 Å². The fraction of sp³-hybridized carbons (Fsp3) is 0.333. The lowest BCUT2D eigenvalue weighted by Crippen LogP contribution is -2.06. The molecule has 0 aliphatic heterocycles. The Morgan fingerprint density at radius 2 is 2.33 bits per heavy atom. The molecule has 2 aromatic rings. The molecule has 0 spiro atoms. The second-order valence-corrected chi connectivity index (χ2v) is 3.86. The van der Waals surface area contributed by atoms with Crippen molar-refractivity contribution in [3.8, 4) is 5.88 Å². The first-order chi connectivity index (χ1) is 8.79. The van der Waals surface area contributed by atoms with Gasteiger partial charge in [-0.15, -0.1) is 0 Å². The van der Waals surface area contributed by atoms with Crippen molar-refractivity contribution < 1.29 is 4.74 Å². The molecule has 18 heavy (non-hydrogen) atoms. The minimum Gasteiger partial charge on any atom is -0.479 e. The number of nitrogen functional groups attached to an aromatic ring is 1. The highest BCUT2D eigenvalue weighted by Crippen LogP contribution is 2.19. The van der Waals surface area contributed by atoms with E-state index in [9.17, 15) is 0 Å². The molecule has 96 valence electrons. The van der Waals surface area contributed by atoms with Gasteiger partial charge < -0.3 is 20.8 Å². The summed E-state index contributed by atoms with van der Waals surface area (Å²) in [5, 5.41) is 3.22. The topological polar surface area (TPSA) is 88.8 Å². The SMILES string of the molecule is COc1nc(NCCCc2ncc[nH]2)ccc1N. The van der Waals surface area contributed by atoms with E-state index in [-0.39, 0.29) is 0 Å². The van der Waals surface area contributed by atoms with Gasteiger partial charge in [0.25, 0.3) is 0 Å². The molecule has 0 aliphatic rings. The molecule has 0 atom stereocenters. The molecule has 0 saturated heterocycles. The first kappa shape index (κ1) is 12.2. The zero-order chi connectivity index (χ0) is 12.8. The van der Waals surface area contributed by atoms with Crippen LogP contribution in [0.4, 0.5) is 11.5 Å². The molecule has 4 N–H and O–H groups in total. The highest BCUT2D eigenvalue weighted by atomic mass is 16.5. The summed E-state index contributed by atoms with van der Waals surface area (Å²) in [7, 11) is 1.55. The minimum absolute atomic E-state index is 0.450. The lowest BCUT2D eigenvalue weighted by atomic mass is 10.3. The van der Waals surface area contributed by atoms with Gasteiger partial charge in [-0.25, -0.2) is 4.98 Å². The predicted octanol–water partition coefficient (Wildman–Crippen LogP) is 1.44. The Labute approximate surface area is 106 Å². The zero-order valence-corrected chi connectivity index (χ0v) is 10.3. The summed E-state index contributed by atoms with van der Waals surface area (Å²) in [6.07, 6.45) is 5.47. The Bertz CT molecular complexity index is 483. The zero-order valence-electron chi connectivity index (χ0n) is 10.3. The highest BCUT2D eigenvalue weighted by molar-refractivity contribution is 5.53. The van der Waals surface area contributed by atoms with Crippen LogP contribution in [0.2, 0.25) is 0 Å². The number of aromatic nitrogens is 3. The number of aromatic amines is 1. The number of rotatable bonds is 6. The molecule has 6 heteroatoms. The Morgan fingerprint density at radius 3 is 3.06 bits per heavy atom. The maximum absolute atomic E-state index is 5.69. The van der Waals surface area contributed by atoms with Gasteiger partial charge in [-0.3, -0.25) is 0 Å². The van der Waals surface area contributed by atoms with Gasteiger partial charge in [0.1, 0.15) is 11.6 Å². The number of H-pyrrole nitrogens is 1. The first-order valence-electron chi connectivity index (χ1n) is 5.82. The summed E-state index contributed by atoms with van der Waals surface area (Å²) >= 11 is 0. The number of ether oxygens (including phenoxy) is 1. The number of hydrogen-bond acceptors (Lipinski definition) is 5. The van der Waals surface area contributed by atoms with Gasteiger partial charge in [-0.2, -0.15) is 4.98 Å². The number of nitrogens with zero attached hydrogens (tertiary/aromatic N) is 2. The average molecular weight is 247 g/mol. The Kier molecular flexibility index (Phi) is 4.01. The fourth-order valence-corrected chi connectivity index (χ4v) is 1.62. The maximum Gasteiger partial charge on any atom is 0.238 e. The van der Waals surface area contributed by atoms with E-state index in [1.54, 1.807) is 19.4 Å². The largest absolute Gasteiger partial charge is 0.479 e. The summed E-state index contributed by atoms with van der Waals surface area (Å²) in [5.41, 5.74) is 6.23. The number of methoxy groups -OCH3 is 1. The Morgan fingerprint density at radius 1 is 1.44 bits per heavy atom. The van der Waals surface area contributed by atoms with Crippen LogP contribution < -0.4 is 15.8 Å². The monoisotopic (exact) mass is 247 g/mol. The molecule has 0 fully saturated rings. The third-order valence-corrected chi connectivity index (χ3v) is 2.53. The van der Waals surface area contributed by atoms with E-state index < -0.39 is 0 Å². The highest BCUT2D eigenvalue weighted by Gasteiger charge is 2.02. The van der Waals surface area contributed by atoms with Crippen LogP contribution in [0.3, 0.4) is 0 Å². The van der Waals surface area contributed by atoms with Gasteiger partial charge in [0.05, 0.1) is 12.8 Å². The molecular weight excluding hydrogens is 230 g/mol. The molecule has 2 heterocycles. The number of aryl methyl sites for hydroxylation is 1. The third-order valence-electron chi connectivity index (χ3n) is 2.53. The second kappa shape index (κ2) is 5.90. The van der Waals surface area contributed by atoms with E-state index in [0.717, 1.165) is 31.0 Å². The molecule has 0 bridgehead atoms. The molecule has 2 aromatic heterocycles. The Hall–Kier alpha value is -2.24. The number of imidazole rings is 1. The number of pyridine rings is 1.